The summed E-state index contributed by atoms with van der Waals surface area (Å²) < 4.78 is 5.07. The first kappa shape index (κ1) is 9.39. The van der Waals surface area contributed by atoms with Crippen LogP contribution in [0.2, 0.25) is 0 Å². The van der Waals surface area contributed by atoms with Crippen molar-refractivity contribution in [1.82, 2.24) is 0 Å². The van der Waals surface area contributed by atoms with Gasteiger partial charge in [0.25, 0.3) is 0 Å². The van der Waals surface area contributed by atoms with E-state index in [0.717, 1.165) is 16.9 Å². The molecule has 0 fully saturated rings. The van der Waals surface area contributed by atoms with Crippen LogP contribution in [0, 0.1) is 0 Å². The summed E-state index contributed by atoms with van der Waals surface area (Å²) in [6, 6.07) is 3.64. The van der Waals surface area contributed by atoms with Crippen molar-refractivity contribution < 1.29 is 4.74 Å². The highest BCUT2D eigenvalue weighted by Gasteiger charge is 2.03. The van der Waals surface area contributed by atoms with E-state index in [2.05, 4.69) is 13.2 Å². The Balaban J connectivity index is 3.36. The van der Waals surface area contributed by atoms with Crippen LogP contribution in [0.5, 0.6) is 5.75 Å². The number of nitrogen functional groups attached to an aromatic ring is 1. The van der Waals surface area contributed by atoms with Crippen LogP contribution in [0.3, 0.4) is 0 Å². The fourth-order valence-corrected chi connectivity index (χ4v) is 1.19. The molecule has 0 saturated heterocycles. The van der Waals surface area contributed by atoms with Crippen LogP contribution in [0.1, 0.15) is 11.1 Å². The molecule has 1 aromatic rings. The van der Waals surface area contributed by atoms with Gasteiger partial charge in [-0.3, -0.25) is 0 Å². The molecule has 0 aliphatic rings. The number of hydrogen-bond donors (Lipinski definition) is 1. The van der Waals surface area contributed by atoms with Gasteiger partial charge >= 0.3 is 0 Å². The van der Waals surface area contributed by atoms with Crippen LogP contribution in [0.25, 0.3) is 12.2 Å². The van der Waals surface area contributed by atoms with Crippen molar-refractivity contribution in [1.29, 1.82) is 0 Å². The lowest BCUT2D eigenvalue weighted by atomic mass is 10.1. The second-order valence-electron chi connectivity index (χ2n) is 2.63. The smallest absolute Gasteiger partial charge is 0.121 e. The van der Waals surface area contributed by atoms with Crippen molar-refractivity contribution in [3.05, 3.63) is 36.4 Å². The van der Waals surface area contributed by atoms with Crippen molar-refractivity contribution in [2.75, 3.05) is 12.8 Å². The zero-order chi connectivity index (χ0) is 9.84. The summed E-state index contributed by atoms with van der Waals surface area (Å²) in [7, 11) is 1.61. The fraction of sp³-hybridized carbons (Fsp3) is 0.0909. The van der Waals surface area contributed by atoms with E-state index >= 15 is 0 Å². The highest BCUT2D eigenvalue weighted by atomic mass is 16.5. The van der Waals surface area contributed by atoms with Crippen molar-refractivity contribution >= 4 is 17.8 Å². The van der Waals surface area contributed by atoms with Crippen LogP contribution >= 0.6 is 0 Å². The normalized spacial score (nSPS) is 9.31. The van der Waals surface area contributed by atoms with E-state index in [1.165, 1.54) is 0 Å². The third-order valence-corrected chi connectivity index (χ3v) is 1.88. The van der Waals surface area contributed by atoms with Crippen molar-refractivity contribution in [3.63, 3.8) is 0 Å². The summed E-state index contributed by atoms with van der Waals surface area (Å²) >= 11 is 0. The molecule has 0 atom stereocenters. The number of hydrogen-bond acceptors (Lipinski definition) is 2. The van der Waals surface area contributed by atoms with Gasteiger partial charge in [0.15, 0.2) is 0 Å². The molecule has 1 aromatic carbocycles. The second-order valence-corrected chi connectivity index (χ2v) is 2.63. The first-order valence-electron chi connectivity index (χ1n) is 3.95. The third-order valence-electron chi connectivity index (χ3n) is 1.88. The minimum Gasteiger partial charge on any atom is -0.497 e. The number of nitrogens with two attached hydrogens (primary N) is 1. The number of anilines is 1. The van der Waals surface area contributed by atoms with Gasteiger partial charge in [0, 0.05) is 17.3 Å². The predicted octanol–water partition coefficient (Wildman–Crippen LogP) is 2.56. The molecule has 0 aliphatic heterocycles. The van der Waals surface area contributed by atoms with Gasteiger partial charge in [0.05, 0.1) is 7.11 Å². The van der Waals surface area contributed by atoms with Gasteiger partial charge in [-0.25, -0.2) is 0 Å². The van der Waals surface area contributed by atoms with Gasteiger partial charge < -0.3 is 10.5 Å². The molecule has 68 valence electrons. The monoisotopic (exact) mass is 175 g/mol. The molecule has 13 heavy (non-hydrogen) atoms. The molecule has 1 rings (SSSR count). The minimum absolute atomic E-state index is 0.657. The lowest BCUT2D eigenvalue weighted by Crippen LogP contribution is -1.94. The van der Waals surface area contributed by atoms with Crippen LogP contribution in [0.4, 0.5) is 5.69 Å². The largest absolute Gasteiger partial charge is 0.497 e. The molecular weight excluding hydrogens is 162 g/mol. The Morgan fingerprint density at radius 2 is 2.00 bits per heavy atom. The molecule has 0 heterocycles. The highest BCUT2D eigenvalue weighted by molar-refractivity contribution is 5.75. The predicted molar refractivity (Wildman–Crippen MR) is 57.6 cm³/mol. The van der Waals surface area contributed by atoms with Crippen molar-refractivity contribution in [2.45, 2.75) is 0 Å². The summed E-state index contributed by atoms with van der Waals surface area (Å²) in [6.45, 7) is 7.38. The minimum atomic E-state index is 0.657. The van der Waals surface area contributed by atoms with Gasteiger partial charge in [0.2, 0.25) is 0 Å². The van der Waals surface area contributed by atoms with E-state index in [1.54, 1.807) is 25.3 Å². The zero-order valence-electron chi connectivity index (χ0n) is 7.71. The number of benzene rings is 1. The van der Waals surface area contributed by atoms with E-state index in [4.69, 9.17) is 10.5 Å². The number of methoxy groups -OCH3 is 1. The molecule has 2 nitrogen and oxygen atoms in total. The van der Waals surface area contributed by atoms with E-state index in [1.807, 2.05) is 6.07 Å². The summed E-state index contributed by atoms with van der Waals surface area (Å²) in [5, 5.41) is 0. The Labute approximate surface area is 78.3 Å². The molecule has 0 radical (unpaired) electrons. The topological polar surface area (TPSA) is 35.2 Å². The number of rotatable bonds is 3. The maximum absolute atomic E-state index is 5.78. The third kappa shape index (κ3) is 1.72. The Hall–Kier alpha value is -1.70. The van der Waals surface area contributed by atoms with Gasteiger partial charge in [-0.1, -0.05) is 25.3 Å². The summed E-state index contributed by atoms with van der Waals surface area (Å²) in [4.78, 5) is 0. The molecule has 0 amide bonds. The molecular formula is C11H13NO. The molecule has 0 unspecified atom stereocenters. The molecule has 0 aromatic heterocycles. The van der Waals surface area contributed by atoms with Gasteiger partial charge in [-0.05, 0) is 11.6 Å². The first-order valence-corrected chi connectivity index (χ1v) is 3.95. The summed E-state index contributed by atoms with van der Waals surface area (Å²) in [6.07, 6.45) is 3.45. The molecule has 0 spiro atoms. The van der Waals surface area contributed by atoms with E-state index in [-0.39, 0.29) is 0 Å². The average Bonchev–Trinajstić information content (AvgIpc) is 2.16. The lowest BCUT2D eigenvalue weighted by molar-refractivity contribution is 0.415. The molecule has 0 bridgehead atoms. The molecule has 0 saturated carbocycles. The Morgan fingerprint density at radius 1 is 1.31 bits per heavy atom. The van der Waals surface area contributed by atoms with Gasteiger partial charge in [0.1, 0.15) is 5.75 Å². The molecule has 2 heteroatoms. The second kappa shape index (κ2) is 3.81. The average molecular weight is 175 g/mol. The van der Waals surface area contributed by atoms with Crippen LogP contribution < -0.4 is 10.5 Å². The van der Waals surface area contributed by atoms with Crippen LogP contribution in [0.15, 0.2) is 25.3 Å². The Bertz CT molecular complexity index is 342. The first-order chi connectivity index (χ1) is 6.22. The van der Waals surface area contributed by atoms with E-state index in [9.17, 15) is 0 Å². The molecule has 0 aliphatic carbocycles. The zero-order valence-corrected chi connectivity index (χ0v) is 7.71. The quantitative estimate of drug-likeness (QED) is 0.716. The fourth-order valence-electron chi connectivity index (χ4n) is 1.19. The van der Waals surface area contributed by atoms with Gasteiger partial charge in [-0.15, -0.1) is 0 Å². The van der Waals surface area contributed by atoms with Crippen LogP contribution in [-0.4, -0.2) is 7.11 Å². The lowest BCUT2D eigenvalue weighted by Gasteiger charge is -2.08. The Kier molecular flexibility index (Phi) is 2.75. The molecule has 2 N–H and O–H groups in total. The van der Waals surface area contributed by atoms with E-state index < -0.39 is 0 Å². The Morgan fingerprint density at radius 3 is 2.46 bits per heavy atom. The SMILES string of the molecule is C=Cc1cc(OC)cc(N)c1C=C. The summed E-state index contributed by atoms with van der Waals surface area (Å²) in [5.74, 6) is 0.734. The maximum Gasteiger partial charge on any atom is 0.121 e. The summed E-state index contributed by atoms with van der Waals surface area (Å²) in [5.41, 5.74) is 8.28. The van der Waals surface area contributed by atoms with Crippen molar-refractivity contribution in [3.8, 4) is 5.75 Å². The van der Waals surface area contributed by atoms with Crippen LogP contribution in [-0.2, 0) is 0 Å². The van der Waals surface area contributed by atoms with Gasteiger partial charge in [-0.2, -0.15) is 0 Å². The number of ether oxygens (including phenoxy) is 1. The van der Waals surface area contributed by atoms with Crippen molar-refractivity contribution in [2.24, 2.45) is 0 Å². The highest BCUT2D eigenvalue weighted by Crippen LogP contribution is 2.26. The standard InChI is InChI=1S/C11H13NO/c1-4-8-6-9(13-3)7-11(12)10(8)5-2/h4-7H,1-2,12H2,3H3. The maximum atomic E-state index is 5.78. The van der Waals surface area contributed by atoms with E-state index in [0.29, 0.717) is 5.69 Å².